The van der Waals surface area contributed by atoms with Gasteiger partial charge in [0.1, 0.15) is 11.6 Å². The summed E-state index contributed by atoms with van der Waals surface area (Å²) < 4.78 is 13.9. The van der Waals surface area contributed by atoms with Crippen molar-refractivity contribution in [2.75, 3.05) is 0 Å². The lowest BCUT2D eigenvalue weighted by Crippen LogP contribution is -1.81. The van der Waals surface area contributed by atoms with Gasteiger partial charge in [0.05, 0.1) is 0 Å². The molecule has 0 atom stereocenters. The molecule has 0 radical (unpaired) electrons. The first kappa shape index (κ1) is 10.4. The van der Waals surface area contributed by atoms with Gasteiger partial charge in [-0.15, -0.1) is 0 Å². The average Bonchev–Trinajstić information content (AvgIpc) is 2.16. The second-order valence-corrected chi connectivity index (χ2v) is 4.45. The van der Waals surface area contributed by atoms with Crippen LogP contribution in [0.25, 0.3) is 11.1 Å². The number of aromatic hydroxyl groups is 1. The molecule has 0 amide bonds. The van der Waals surface area contributed by atoms with Gasteiger partial charge in [-0.05, 0) is 64.0 Å². The van der Waals surface area contributed by atoms with E-state index in [1.54, 1.807) is 18.2 Å². The van der Waals surface area contributed by atoms with Crippen molar-refractivity contribution in [2.24, 2.45) is 0 Å². The Kier molecular flexibility index (Phi) is 2.90. The van der Waals surface area contributed by atoms with Crippen LogP contribution in [0.15, 0.2) is 42.5 Å². The fourth-order valence-corrected chi connectivity index (χ4v) is 2.06. The van der Waals surface area contributed by atoms with Crippen molar-refractivity contribution in [1.82, 2.24) is 0 Å². The van der Waals surface area contributed by atoms with Crippen molar-refractivity contribution in [3.63, 3.8) is 0 Å². The molecule has 0 aliphatic rings. The Hall–Kier alpha value is -1.10. The normalized spacial score (nSPS) is 10.3. The van der Waals surface area contributed by atoms with Gasteiger partial charge >= 0.3 is 0 Å². The minimum Gasteiger partial charge on any atom is -0.508 e. The maximum Gasteiger partial charge on any atom is 0.123 e. The number of hydrogen-bond donors (Lipinski definition) is 1. The molecule has 0 aliphatic heterocycles. The fraction of sp³-hybridized carbons (Fsp3) is 0. The van der Waals surface area contributed by atoms with E-state index < -0.39 is 0 Å². The smallest absolute Gasteiger partial charge is 0.123 e. The lowest BCUT2D eigenvalue weighted by Gasteiger charge is -2.03. The molecule has 0 saturated carbocycles. The number of hydrogen-bond acceptors (Lipinski definition) is 1. The molecule has 0 fully saturated rings. The Morgan fingerprint density at radius 2 is 1.80 bits per heavy atom. The molecule has 0 unspecified atom stereocenters. The molecule has 0 bridgehead atoms. The maximum atomic E-state index is 13.0. The second kappa shape index (κ2) is 4.18. The molecule has 2 aromatic rings. The number of benzene rings is 2. The van der Waals surface area contributed by atoms with E-state index in [0.29, 0.717) is 0 Å². The van der Waals surface area contributed by atoms with Crippen molar-refractivity contribution in [2.45, 2.75) is 0 Å². The minimum atomic E-state index is -0.272. The Morgan fingerprint density at radius 1 is 1.00 bits per heavy atom. The zero-order valence-electron chi connectivity index (χ0n) is 7.74. The first-order chi connectivity index (χ1) is 7.15. The second-order valence-electron chi connectivity index (χ2n) is 3.21. The number of phenols is 1. The molecule has 1 nitrogen and oxygen atoms in total. The Labute approximate surface area is 101 Å². The van der Waals surface area contributed by atoms with Crippen LogP contribution in [-0.2, 0) is 0 Å². The molecule has 0 saturated heterocycles. The fourth-order valence-electron chi connectivity index (χ4n) is 1.41. The minimum absolute atomic E-state index is 0.196. The van der Waals surface area contributed by atoms with E-state index in [9.17, 15) is 9.50 Å². The standard InChI is InChI=1S/C12H8FIO/c13-10-3-1-2-8(4-10)9-5-11(14)7-12(15)6-9/h1-7,15H. The molecule has 0 aromatic heterocycles. The third-order valence-electron chi connectivity index (χ3n) is 2.04. The van der Waals surface area contributed by atoms with Crippen molar-refractivity contribution >= 4 is 22.6 Å². The molecule has 15 heavy (non-hydrogen) atoms. The van der Waals surface area contributed by atoms with Crippen molar-refractivity contribution in [1.29, 1.82) is 0 Å². The van der Waals surface area contributed by atoms with E-state index in [0.717, 1.165) is 14.7 Å². The van der Waals surface area contributed by atoms with E-state index in [1.807, 2.05) is 12.1 Å². The zero-order chi connectivity index (χ0) is 10.8. The SMILES string of the molecule is Oc1cc(I)cc(-c2cccc(F)c2)c1. The van der Waals surface area contributed by atoms with Crippen LogP contribution in [0.3, 0.4) is 0 Å². The summed E-state index contributed by atoms with van der Waals surface area (Å²) in [7, 11) is 0. The monoisotopic (exact) mass is 314 g/mol. The van der Waals surface area contributed by atoms with Crippen LogP contribution in [-0.4, -0.2) is 5.11 Å². The summed E-state index contributed by atoms with van der Waals surface area (Å²) >= 11 is 2.11. The molecular formula is C12H8FIO. The largest absolute Gasteiger partial charge is 0.508 e. The molecular weight excluding hydrogens is 306 g/mol. The predicted octanol–water partition coefficient (Wildman–Crippen LogP) is 3.80. The summed E-state index contributed by atoms with van der Waals surface area (Å²) in [5.41, 5.74) is 1.59. The van der Waals surface area contributed by atoms with E-state index in [4.69, 9.17) is 0 Å². The van der Waals surface area contributed by atoms with Crippen molar-refractivity contribution in [3.8, 4) is 16.9 Å². The summed E-state index contributed by atoms with van der Waals surface area (Å²) in [6.07, 6.45) is 0. The highest BCUT2D eigenvalue weighted by Crippen LogP contribution is 2.26. The topological polar surface area (TPSA) is 20.2 Å². The quantitative estimate of drug-likeness (QED) is 0.794. The summed E-state index contributed by atoms with van der Waals surface area (Å²) in [5.74, 6) is -0.0768. The third-order valence-corrected chi connectivity index (χ3v) is 2.66. The van der Waals surface area contributed by atoms with Gasteiger partial charge in [-0.1, -0.05) is 12.1 Å². The van der Waals surface area contributed by atoms with Gasteiger partial charge in [-0.3, -0.25) is 0 Å². The summed E-state index contributed by atoms with van der Waals surface area (Å²) in [5, 5.41) is 9.43. The molecule has 0 spiro atoms. The van der Waals surface area contributed by atoms with Gasteiger partial charge in [-0.25, -0.2) is 4.39 Å². The summed E-state index contributed by atoms with van der Waals surface area (Å²) in [6, 6.07) is 11.5. The van der Waals surface area contributed by atoms with Gasteiger partial charge in [0.2, 0.25) is 0 Å². The van der Waals surface area contributed by atoms with Crippen LogP contribution in [0.1, 0.15) is 0 Å². The van der Waals surface area contributed by atoms with Gasteiger partial charge in [0, 0.05) is 3.57 Å². The zero-order valence-corrected chi connectivity index (χ0v) is 9.90. The van der Waals surface area contributed by atoms with E-state index in [2.05, 4.69) is 22.6 Å². The lowest BCUT2D eigenvalue weighted by molar-refractivity contribution is 0.475. The molecule has 2 rings (SSSR count). The van der Waals surface area contributed by atoms with E-state index in [-0.39, 0.29) is 11.6 Å². The predicted molar refractivity (Wildman–Crippen MR) is 66.2 cm³/mol. The highest BCUT2D eigenvalue weighted by Gasteiger charge is 2.02. The highest BCUT2D eigenvalue weighted by molar-refractivity contribution is 14.1. The van der Waals surface area contributed by atoms with Gasteiger partial charge in [0.25, 0.3) is 0 Å². The van der Waals surface area contributed by atoms with E-state index in [1.165, 1.54) is 12.1 Å². The third kappa shape index (κ3) is 2.47. The number of phenolic OH excluding ortho intramolecular Hbond substituents is 1. The molecule has 76 valence electrons. The number of halogens is 2. The van der Waals surface area contributed by atoms with Crippen LogP contribution in [0.4, 0.5) is 4.39 Å². The van der Waals surface area contributed by atoms with Gasteiger partial charge < -0.3 is 5.11 Å². The molecule has 0 aliphatic carbocycles. The van der Waals surface area contributed by atoms with Gasteiger partial charge in [0.15, 0.2) is 0 Å². The van der Waals surface area contributed by atoms with Crippen LogP contribution in [0.5, 0.6) is 5.75 Å². The first-order valence-corrected chi connectivity index (χ1v) is 5.48. The van der Waals surface area contributed by atoms with Crippen molar-refractivity contribution in [3.05, 3.63) is 51.9 Å². The van der Waals surface area contributed by atoms with Crippen LogP contribution >= 0.6 is 22.6 Å². The Morgan fingerprint density at radius 3 is 2.47 bits per heavy atom. The van der Waals surface area contributed by atoms with Crippen LogP contribution in [0, 0.1) is 9.39 Å². The van der Waals surface area contributed by atoms with Crippen LogP contribution < -0.4 is 0 Å². The Bertz CT molecular complexity index is 476. The van der Waals surface area contributed by atoms with Crippen LogP contribution in [0.2, 0.25) is 0 Å². The first-order valence-electron chi connectivity index (χ1n) is 4.40. The Balaban J connectivity index is 2.54. The molecule has 1 N–H and O–H groups in total. The molecule has 0 heterocycles. The maximum absolute atomic E-state index is 13.0. The molecule has 3 heteroatoms. The summed E-state index contributed by atoms with van der Waals surface area (Å²) in [6.45, 7) is 0. The lowest BCUT2D eigenvalue weighted by atomic mass is 10.1. The summed E-state index contributed by atoms with van der Waals surface area (Å²) in [4.78, 5) is 0. The van der Waals surface area contributed by atoms with E-state index >= 15 is 0 Å². The number of rotatable bonds is 1. The van der Waals surface area contributed by atoms with Crippen molar-refractivity contribution < 1.29 is 9.50 Å². The van der Waals surface area contributed by atoms with Gasteiger partial charge in [-0.2, -0.15) is 0 Å². The molecule has 2 aromatic carbocycles. The average molecular weight is 314 g/mol. The highest BCUT2D eigenvalue weighted by atomic mass is 127.